The minimum Gasteiger partial charge on any atom is -0.388 e. The van der Waals surface area contributed by atoms with Crippen LogP contribution in [0.15, 0.2) is 0 Å². The fourth-order valence-corrected chi connectivity index (χ4v) is 1.85. The first-order valence-electron chi connectivity index (χ1n) is 5.30. The van der Waals surface area contributed by atoms with Crippen LogP contribution in [0.3, 0.4) is 0 Å². The Morgan fingerprint density at radius 2 is 1.67 bits per heavy atom. The van der Waals surface area contributed by atoms with Crippen LogP contribution < -0.4 is 0 Å². The fourth-order valence-electron chi connectivity index (χ4n) is 1.85. The summed E-state index contributed by atoms with van der Waals surface area (Å²) in [5.41, 5.74) is 0. The van der Waals surface area contributed by atoms with Crippen molar-refractivity contribution in [1.29, 1.82) is 0 Å². The van der Waals surface area contributed by atoms with E-state index in [2.05, 4.69) is 0 Å². The van der Waals surface area contributed by atoms with Gasteiger partial charge in [0.1, 0.15) is 24.4 Å². The Balaban J connectivity index is 2.62. The van der Waals surface area contributed by atoms with Crippen LogP contribution in [0.25, 0.3) is 0 Å². The Morgan fingerprint density at radius 1 is 1.07 bits per heavy atom. The van der Waals surface area contributed by atoms with Gasteiger partial charge in [0.15, 0.2) is 0 Å². The van der Waals surface area contributed by atoms with Crippen LogP contribution in [0, 0.1) is 0 Å². The smallest absolute Gasteiger partial charge is 0.111 e. The molecule has 0 saturated carbocycles. The number of hydrogen-bond acceptors (Lipinski definition) is 5. The summed E-state index contributed by atoms with van der Waals surface area (Å²) in [6.45, 7) is 2.18. The monoisotopic (exact) mass is 220 g/mol. The molecule has 0 spiro atoms. The maximum absolute atomic E-state index is 9.65. The summed E-state index contributed by atoms with van der Waals surface area (Å²) >= 11 is 0. The number of rotatable bonds is 4. The van der Waals surface area contributed by atoms with Gasteiger partial charge in [-0.1, -0.05) is 13.3 Å². The van der Waals surface area contributed by atoms with E-state index in [1.54, 1.807) is 0 Å². The first-order valence-corrected chi connectivity index (χ1v) is 5.30. The van der Waals surface area contributed by atoms with Crippen LogP contribution in [0.4, 0.5) is 0 Å². The average Bonchev–Trinajstić information content (AvgIpc) is 2.22. The molecule has 0 radical (unpaired) electrons. The molecular formula is C10H20O5. The quantitative estimate of drug-likeness (QED) is 0.583. The maximum Gasteiger partial charge on any atom is 0.111 e. The van der Waals surface area contributed by atoms with Crippen LogP contribution in [0.1, 0.15) is 19.8 Å². The van der Waals surface area contributed by atoms with Gasteiger partial charge >= 0.3 is 0 Å². The molecule has 1 saturated heterocycles. The normalized spacial score (nSPS) is 41.8. The Morgan fingerprint density at radius 3 is 2.20 bits per heavy atom. The highest BCUT2D eigenvalue weighted by molar-refractivity contribution is 4.91. The largest absolute Gasteiger partial charge is 0.388 e. The lowest BCUT2D eigenvalue weighted by molar-refractivity contribution is -0.232. The van der Waals surface area contributed by atoms with Crippen molar-refractivity contribution in [3.05, 3.63) is 0 Å². The summed E-state index contributed by atoms with van der Waals surface area (Å²) in [7, 11) is 1.50. The lowest BCUT2D eigenvalue weighted by Crippen LogP contribution is -2.58. The van der Waals surface area contributed by atoms with Gasteiger partial charge in [-0.15, -0.1) is 0 Å². The zero-order valence-electron chi connectivity index (χ0n) is 9.17. The Kier molecular flexibility index (Phi) is 4.95. The van der Waals surface area contributed by atoms with Gasteiger partial charge in [-0.05, 0) is 6.42 Å². The first kappa shape index (κ1) is 12.9. The van der Waals surface area contributed by atoms with Gasteiger partial charge < -0.3 is 24.8 Å². The highest BCUT2D eigenvalue weighted by Gasteiger charge is 2.42. The van der Waals surface area contributed by atoms with Gasteiger partial charge in [-0.2, -0.15) is 0 Å². The van der Waals surface area contributed by atoms with Crippen LogP contribution in [0.5, 0.6) is 0 Å². The molecule has 1 heterocycles. The topological polar surface area (TPSA) is 79.2 Å². The van der Waals surface area contributed by atoms with Crippen molar-refractivity contribution in [1.82, 2.24) is 0 Å². The molecule has 1 aliphatic rings. The van der Waals surface area contributed by atoms with Gasteiger partial charge in [0.05, 0.1) is 12.7 Å². The third-order valence-electron chi connectivity index (χ3n) is 2.72. The zero-order chi connectivity index (χ0) is 11.4. The second-order valence-corrected chi connectivity index (χ2v) is 3.93. The molecule has 0 aromatic carbocycles. The fraction of sp³-hybridized carbons (Fsp3) is 1.00. The van der Waals surface area contributed by atoms with Crippen molar-refractivity contribution in [2.24, 2.45) is 0 Å². The van der Waals surface area contributed by atoms with Gasteiger partial charge in [0, 0.05) is 7.11 Å². The van der Waals surface area contributed by atoms with E-state index in [-0.39, 0.29) is 6.61 Å². The highest BCUT2D eigenvalue weighted by Crippen LogP contribution is 2.24. The van der Waals surface area contributed by atoms with Crippen molar-refractivity contribution < 1.29 is 24.8 Å². The van der Waals surface area contributed by atoms with E-state index in [0.29, 0.717) is 6.42 Å². The average molecular weight is 220 g/mol. The molecule has 90 valence electrons. The molecule has 5 unspecified atom stereocenters. The molecule has 1 rings (SSSR count). The van der Waals surface area contributed by atoms with Crippen LogP contribution in [0.2, 0.25) is 0 Å². The van der Waals surface area contributed by atoms with Crippen molar-refractivity contribution in [2.45, 2.75) is 50.3 Å². The Labute approximate surface area is 89.6 Å². The zero-order valence-corrected chi connectivity index (χ0v) is 9.17. The molecular weight excluding hydrogens is 200 g/mol. The summed E-state index contributed by atoms with van der Waals surface area (Å²) in [6, 6.07) is 0. The molecule has 0 aromatic rings. The second-order valence-electron chi connectivity index (χ2n) is 3.93. The number of ether oxygens (including phenoxy) is 2. The van der Waals surface area contributed by atoms with E-state index >= 15 is 0 Å². The summed E-state index contributed by atoms with van der Waals surface area (Å²) in [5.74, 6) is 0. The number of hydrogen-bond donors (Lipinski definition) is 3. The molecule has 0 aliphatic carbocycles. The van der Waals surface area contributed by atoms with E-state index in [1.807, 2.05) is 6.92 Å². The third kappa shape index (κ3) is 2.89. The third-order valence-corrected chi connectivity index (χ3v) is 2.72. The molecule has 0 bridgehead atoms. The Bertz CT molecular complexity index is 169. The standard InChI is InChI=1S/C10H20O5/c1-3-4-6-8(11)10(13)9(12)7(15-6)5-14-2/h6-13H,3-5H2,1-2H3. The lowest BCUT2D eigenvalue weighted by atomic mass is 9.93. The van der Waals surface area contributed by atoms with Crippen molar-refractivity contribution in [3.8, 4) is 0 Å². The number of aliphatic hydroxyl groups is 3. The van der Waals surface area contributed by atoms with Gasteiger partial charge in [-0.3, -0.25) is 0 Å². The lowest BCUT2D eigenvalue weighted by Gasteiger charge is -2.40. The summed E-state index contributed by atoms with van der Waals surface area (Å²) in [5, 5.41) is 28.9. The van der Waals surface area contributed by atoms with Crippen LogP contribution in [-0.2, 0) is 9.47 Å². The van der Waals surface area contributed by atoms with E-state index in [4.69, 9.17) is 9.47 Å². The van der Waals surface area contributed by atoms with Gasteiger partial charge in [-0.25, -0.2) is 0 Å². The SMILES string of the molecule is CCCC1OC(COC)C(O)C(O)C1O. The molecule has 0 amide bonds. The van der Waals surface area contributed by atoms with Crippen LogP contribution in [-0.4, -0.2) is 59.6 Å². The molecule has 5 nitrogen and oxygen atoms in total. The summed E-state index contributed by atoms with van der Waals surface area (Å²) in [4.78, 5) is 0. The number of aliphatic hydroxyl groups excluding tert-OH is 3. The molecule has 5 atom stereocenters. The first-order chi connectivity index (χ1) is 7.11. The Hall–Kier alpha value is -0.200. The van der Waals surface area contributed by atoms with Crippen molar-refractivity contribution >= 4 is 0 Å². The van der Waals surface area contributed by atoms with E-state index in [1.165, 1.54) is 7.11 Å². The van der Waals surface area contributed by atoms with E-state index < -0.39 is 30.5 Å². The molecule has 3 N–H and O–H groups in total. The van der Waals surface area contributed by atoms with Crippen molar-refractivity contribution in [2.75, 3.05) is 13.7 Å². The molecule has 1 aliphatic heterocycles. The molecule has 15 heavy (non-hydrogen) atoms. The number of methoxy groups -OCH3 is 1. The molecule has 1 fully saturated rings. The predicted octanol–water partition coefficient (Wildman–Crippen LogP) is -0.717. The van der Waals surface area contributed by atoms with E-state index in [9.17, 15) is 15.3 Å². The summed E-state index contributed by atoms with van der Waals surface area (Å²) < 4.78 is 10.4. The van der Waals surface area contributed by atoms with Gasteiger partial charge in [0.25, 0.3) is 0 Å². The maximum atomic E-state index is 9.65. The minimum absolute atomic E-state index is 0.213. The molecule has 5 heteroatoms. The van der Waals surface area contributed by atoms with E-state index in [0.717, 1.165) is 6.42 Å². The predicted molar refractivity (Wildman–Crippen MR) is 53.5 cm³/mol. The van der Waals surface area contributed by atoms with Crippen LogP contribution >= 0.6 is 0 Å². The van der Waals surface area contributed by atoms with Crippen molar-refractivity contribution in [3.63, 3.8) is 0 Å². The highest BCUT2D eigenvalue weighted by atomic mass is 16.6. The summed E-state index contributed by atoms with van der Waals surface area (Å²) in [6.07, 6.45) is -2.75. The molecule has 0 aromatic heterocycles. The van der Waals surface area contributed by atoms with Gasteiger partial charge in [0.2, 0.25) is 0 Å². The second kappa shape index (κ2) is 5.77. The minimum atomic E-state index is -1.16.